The summed E-state index contributed by atoms with van der Waals surface area (Å²) in [4.78, 5) is 10.4. The van der Waals surface area contributed by atoms with Crippen LogP contribution in [-0.2, 0) is 0 Å². The molecule has 1 aromatic carbocycles. The number of guanidine groups is 2. The summed E-state index contributed by atoms with van der Waals surface area (Å²) in [5.74, 6) is -0.711. The third-order valence-electron chi connectivity index (χ3n) is 2.17. The van der Waals surface area contributed by atoms with Crippen LogP contribution in [0.2, 0.25) is 0 Å². The van der Waals surface area contributed by atoms with Crippen molar-refractivity contribution < 1.29 is 4.92 Å². The molecule has 1 aromatic rings. The van der Waals surface area contributed by atoms with Crippen molar-refractivity contribution in [3.8, 4) is 0 Å². The minimum Gasteiger partial charge on any atom is -0.370 e. The number of benzene rings is 1. The van der Waals surface area contributed by atoms with E-state index in [1.165, 1.54) is 6.07 Å². The van der Waals surface area contributed by atoms with Gasteiger partial charge in [-0.05, 0) is 25.0 Å². The number of nitrogens with zero attached hydrogens (tertiary/aromatic N) is 1. The zero-order chi connectivity index (χ0) is 13.9. The van der Waals surface area contributed by atoms with Crippen molar-refractivity contribution in [3.05, 3.63) is 33.4 Å². The van der Waals surface area contributed by atoms with E-state index in [-0.39, 0.29) is 17.3 Å². The van der Waals surface area contributed by atoms with Crippen LogP contribution in [0.3, 0.4) is 0 Å². The normalized spacial score (nSPS) is 9.67. The molecule has 1 rings (SSSR count). The smallest absolute Gasteiger partial charge is 0.293 e. The highest BCUT2D eigenvalue weighted by molar-refractivity contribution is 6.03. The molecule has 8 nitrogen and oxygen atoms in total. The Bertz CT molecular complexity index is 525. The predicted octanol–water partition coefficient (Wildman–Crippen LogP) is 1.04. The summed E-state index contributed by atoms with van der Waals surface area (Å²) in [6.45, 7) is 3.45. The number of rotatable bonds is 2. The number of nitro benzene ring substituents is 1. The fourth-order valence-electron chi connectivity index (χ4n) is 1.54. The Balaban J connectivity index is 3.11. The van der Waals surface area contributed by atoms with Crippen LogP contribution in [0.25, 0.3) is 0 Å². The molecule has 0 atom stereocenters. The first kappa shape index (κ1) is 13.4. The van der Waals surface area contributed by atoms with Crippen LogP contribution in [0.15, 0.2) is 12.1 Å². The van der Waals surface area contributed by atoms with Crippen LogP contribution < -0.4 is 16.4 Å². The van der Waals surface area contributed by atoms with E-state index in [4.69, 9.17) is 16.6 Å². The molecular weight excluding hydrogens is 236 g/mol. The van der Waals surface area contributed by atoms with E-state index >= 15 is 0 Å². The molecule has 18 heavy (non-hydrogen) atoms. The van der Waals surface area contributed by atoms with Gasteiger partial charge in [0.15, 0.2) is 11.9 Å². The van der Waals surface area contributed by atoms with Gasteiger partial charge in [-0.15, -0.1) is 0 Å². The molecule has 0 saturated heterocycles. The molecule has 6 N–H and O–H groups in total. The molecule has 0 fully saturated rings. The molecule has 0 saturated carbocycles. The molecule has 0 aliphatic carbocycles. The van der Waals surface area contributed by atoms with Gasteiger partial charge in [0.1, 0.15) is 5.69 Å². The standard InChI is InChI=1S/C10H14N6O2/c1-5-3-6(2)8(7(4-5)16(17)18)14-10(13)15-9(11)12/h3-4H,1-2H3,(H6,11,12,13,14,15). The minimum absolute atomic E-state index is 0.123. The van der Waals surface area contributed by atoms with Gasteiger partial charge in [0.2, 0.25) is 0 Å². The summed E-state index contributed by atoms with van der Waals surface area (Å²) < 4.78 is 0. The van der Waals surface area contributed by atoms with Gasteiger partial charge < -0.3 is 11.1 Å². The van der Waals surface area contributed by atoms with E-state index < -0.39 is 10.9 Å². The molecule has 0 amide bonds. The Morgan fingerprint density at radius 2 is 2.00 bits per heavy atom. The lowest BCUT2D eigenvalue weighted by molar-refractivity contribution is -0.384. The van der Waals surface area contributed by atoms with Crippen LogP contribution in [0.1, 0.15) is 11.1 Å². The highest BCUT2D eigenvalue weighted by Crippen LogP contribution is 2.29. The van der Waals surface area contributed by atoms with Crippen molar-refractivity contribution in [1.29, 1.82) is 10.8 Å². The third-order valence-corrected chi connectivity index (χ3v) is 2.17. The largest absolute Gasteiger partial charge is 0.370 e. The van der Waals surface area contributed by atoms with Gasteiger partial charge in [0.25, 0.3) is 5.69 Å². The average molecular weight is 250 g/mol. The molecule has 0 aromatic heterocycles. The lowest BCUT2D eigenvalue weighted by Gasteiger charge is -2.12. The first-order valence-corrected chi connectivity index (χ1v) is 5.03. The monoisotopic (exact) mass is 250 g/mol. The van der Waals surface area contributed by atoms with Gasteiger partial charge in [-0.1, -0.05) is 6.07 Å². The molecule has 8 heteroatoms. The summed E-state index contributed by atoms with van der Waals surface area (Å²) in [5, 5.41) is 30.1. The van der Waals surface area contributed by atoms with Gasteiger partial charge in [0.05, 0.1) is 4.92 Å². The lowest BCUT2D eigenvalue weighted by Crippen LogP contribution is -2.39. The second kappa shape index (κ2) is 5.13. The molecule has 0 bridgehead atoms. The zero-order valence-corrected chi connectivity index (χ0v) is 10.00. The van der Waals surface area contributed by atoms with Crippen molar-refractivity contribution in [2.24, 2.45) is 5.73 Å². The van der Waals surface area contributed by atoms with Crippen LogP contribution in [0.4, 0.5) is 11.4 Å². The number of anilines is 1. The second-order valence-corrected chi connectivity index (χ2v) is 3.77. The maximum atomic E-state index is 10.9. The van der Waals surface area contributed by atoms with E-state index in [9.17, 15) is 10.1 Å². The van der Waals surface area contributed by atoms with Crippen LogP contribution in [0.5, 0.6) is 0 Å². The summed E-state index contributed by atoms with van der Waals surface area (Å²) in [5.41, 5.74) is 6.55. The molecule has 0 aliphatic heterocycles. The Morgan fingerprint density at radius 3 is 2.50 bits per heavy atom. The minimum atomic E-state index is -0.524. The highest BCUT2D eigenvalue weighted by Gasteiger charge is 2.17. The second-order valence-electron chi connectivity index (χ2n) is 3.77. The van der Waals surface area contributed by atoms with E-state index in [0.29, 0.717) is 5.56 Å². The molecule has 0 unspecified atom stereocenters. The molecule has 0 radical (unpaired) electrons. The first-order chi connectivity index (χ1) is 8.31. The topological polar surface area (TPSA) is 141 Å². The number of nitrogens with one attached hydrogen (secondary N) is 4. The highest BCUT2D eigenvalue weighted by atomic mass is 16.6. The quantitative estimate of drug-likeness (QED) is 0.231. The fraction of sp³-hybridized carbons (Fsp3) is 0.200. The molecular formula is C10H14N6O2. The van der Waals surface area contributed by atoms with Crippen LogP contribution in [0, 0.1) is 34.8 Å². The number of nitrogens with two attached hydrogens (primary N) is 1. The first-order valence-electron chi connectivity index (χ1n) is 5.03. The molecule has 0 spiro atoms. The summed E-state index contributed by atoms with van der Waals surface area (Å²) in [6, 6.07) is 3.17. The summed E-state index contributed by atoms with van der Waals surface area (Å²) >= 11 is 0. The summed E-state index contributed by atoms with van der Waals surface area (Å²) in [7, 11) is 0. The fourth-order valence-corrected chi connectivity index (χ4v) is 1.54. The van der Waals surface area contributed by atoms with E-state index in [2.05, 4.69) is 10.6 Å². The predicted molar refractivity (Wildman–Crippen MR) is 69.0 cm³/mol. The van der Waals surface area contributed by atoms with Crippen LogP contribution >= 0.6 is 0 Å². The molecule has 0 heterocycles. The van der Waals surface area contributed by atoms with E-state index in [0.717, 1.165) is 5.56 Å². The summed E-state index contributed by atoms with van der Waals surface area (Å²) in [6.07, 6.45) is 0. The number of hydrogen-bond donors (Lipinski definition) is 5. The van der Waals surface area contributed by atoms with Crippen molar-refractivity contribution in [2.75, 3.05) is 5.32 Å². The average Bonchev–Trinajstić information content (AvgIpc) is 2.20. The van der Waals surface area contributed by atoms with Crippen molar-refractivity contribution in [1.82, 2.24) is 5.32 Å². The zero-order valence-electron chi connectivity index (χ0n) is 10.00. The maximum absolute atomic E-state index is 10.9. The lowest BCUT2D eigenvalue weighted by atomic mass is 10.1. The van der Waals surface area contributed by atoms with E-state index in [1.807, 2.05) is 0 Å². The molecule has 96 valence electrons. The van der Waals surface area contributed by atoms with Gasteiger partial charge in [-0.25, -0.2) is 0 Å². The van der Waals surface area contributed by atoms with Crippen molar-refractivity contribution in [2.45, 2.75) is 13.8 Å². The van der Waals surface area contributed by atoms with Gasteiger partial charge >= 0.3 is 0 Å². The Hall–Kier alpha value is -2.64. The number of aryl methyl sites for hydroxylation is 2. The van der Waals surface area contributed by atoms with E-state index in [1.54, 1.807) is 19.9 Å². The maximum Gasteiger partial charge on any atom is 0.293 e. The Kier molecular flexibility index (Phi) is 3.82. The van der Waals surface area contributed by atoms with Gasteiger partial charge in [-0.3, -0.25) is 26.2 Å². The third kappa shape index (κ3) is 3.17. The van der Waals surface area contributed by atoms with Gasteiger partial charge in [0, 0.05) is 6.07 Å². The van der Waals surface area contributed by atoms with Crippen molar-refractivity contribution >= 4 is 23.3 Å². The molecule has 0 aliphatic rings. The number of hydrogen-bond acceptors (Lipinski definition) is 4. The Morgan fingerprint density at radius 1 is 1.39 bits per heavy atom. The SMILES string of the molecule is Cc1cc(C)c(NC(=N)NC(=N)N)c([N+](=O)[O-])c1. The Labute approximate surface area is 103 Å². The van der Waals surface area contributed by atoms with Gasteiger partial charge in [-0.2, -0.15) is 0 Å². The number of nitro groups is 1. The van der Waals surface area contributed by atoms with Crippen molar-refractivity contribution in [3.63, 3.8) is 0 Å². The van der Waals surface area contributed by atoms with Crippen LogP contribution in [-0.4, -0.2) is 16.8 Å².